The molecule has 0 N–H and O–H groups in total. The fourth-order valence-electron chi connectivity index (χ4n) is 0. The zero-order chi connectivity index (χ0) is 2.71. The van der Waals surface area contributed by atoms with Crippen LogP contribution in [-0.2, 0) is 9.59 Å². The van der Waals surface area contributed by atoms with Crippen LogP contribution in [-0.4, -0.2) is 23.5 Å². The van der Waals surface area contributed by atoms with E-state index in [1.54, 1.807) is 0 Å². The first-order valence-electron chi connectivity index (χ1n) is 0.408. The number of hydrogen-bond donors (Lipinski definition) is 0. The lowest BCUT2D eigenvalue weighted by Crippen LogP contribution is -1.22. The lowest BCUT2D eigenvalue weighted by Gasteiger charge is -0.945. The summed E-state index contributed by atoms with van der Waals surface area (Å²) in [5, 5.41) is 0. The molecule has 2 nitrogen and oxygen atoms in total. The highest BCUT2D eigenvalue weighted by molar-refractivity contribution is 5.75. The van der Waals surface area contributed by atoms with Gasteiger partial charge in [0.25, 0.3) is 0 Å². The average molecular weight is 71.0 g/mol. The van der Waals surface area contributed by atoms with E-state index in [1.807, 2.05) is 0 Å². The van der Waals surface area contributed by atoms with Crippen LogP contribution >= 0.6 is 0 Å². The Hall–Kier alpha value is -0.0875. The van der Waals surface area contributed by atoms with Gasteiger partial charge in [0.2, 0.25) is 0 Å². The molecule has 3 heteroatoms. The van der Waals surface area contributed by atoms with Crippen molar-refractivity contribution in [3.05, 3.63) is 0 Å². The zero-order valence-corrected chi connectivity index (χ0v) is 3.05. The third kappa shape index (κ3) is 208. The molecule has 0 aliphatic rings. The van der Waals surface area contributed by atoms with Crippen LogP contribution in [0.5, 0.6) is 0 Å². The fourth-order valence-corrected chi connectivity index (χ4v) is 0. The maximum Gasteiger partial charge on any atom is 0.373 e. The van der Waals surface area contributed by atoms with Gasteiger partial charge in [-0.05, 0) is 0 Å². The molecule has 0 heterocycles. The maximum absolute atomic E-state index is 8.12. The van der Waals surface area contributed by atoms with Gasteiger partial charge >= 0.3 is 6.15 Å². The van der Waals surface area contributed by atoms with Gasteiger partial charge in [0, 0.05) is 17.4 Å². The van der Waals surface area contributed by atoms with Gasteiger partial charge in [-0.25, -0.2) is 0 Å². The van der Waals surface area contributed by atoms with Gasteiger partial charge in [0.05, 0.1) is 0 Å². The standard InChI is InChI=1S/CO2.Al/c2-1-3;. The molecular formula is CAlO2. The lowest BCUT2D eigenvalue weighted by molar-refractivity contribution is -0.191. The van der Waals surface area contributed by atoms with E-state index < -0.39 is 0 Å². The lowest BCUT2D eigenvalue weighted by atomic mass is 11.8. The Morgan fingerprint density at radius 1 is 1.25 bits per heavy atom. The van der Waals surface area contributed by atoms with Crippen molar-refractivity contribution in [3.8, 4) is 0 Å². The molecule has 0 aromatic carbocycles. The minimum Gasteiger partial charge on any atom is -0.186 e. The molecule has 0 saturated heterocycles. The molecular weight excluding hydrogens is 71.0 g/mol. The first-order chi connectivity index (χ1) is 1.41. The predicted molar refractivity (Wildman–Crippen MR) is 10.8 cm³/mol. The first-order valence-corrected chi connectivity index (χ1v) is 0.408. The molecule has 19 valence electrons. The number of rotatable bonds is 0. The molecule has 0 amide bonds. The molecule has 0 aliphatic heterocycles. The Labute approximate surface area is 33.9 Å². The van der Waals surface area contributed by atoms with Crippen LogP contribution in [0.2, 0.25) is 0 Å². The van der Waals surface area contributed by atoms with Gasteiger partial charge in [-0.3, -0.25) is 0 Å². The van der Waals surface area contributed by atoms with E-state index in [2.05, 4.69) is 0 Å². The highest BCUT2D eigenvalue weighted by Crippen LogP contribution is 0.787. The molecule has 4 heavy (non-hydrogen) atoms. The van der Waals surface area contributed by atoms with Crippen LogP contribution in [0, 0.1) is 0 Å². The van der Waals surface area contributed by atoms with Crippen molar-refractivity contribution in [1.29, 1.82) is 0 Å². The second kappa shape index (κ2) is 12.8. The van der Waals surface area contributed by atoms with Crippen LogP contribution in [0.25, 0.3) is 0 Å². The summed E-state index contributed by atoms with van der Waals surface area (Å²) in [5.41, 5.74) is 0. The minimum atomic E-state index is 0. The van der Waals surface area contributed by atoms with E-state index in [0.29, 0.717) is 0 Å². The molecule has 0 aliphatic carbocycles. The molecule has 0 aromatic heterocycles. The molecule has 0 spiro atoms. The molecule has 0 atom stereocenters. The van der Waals surface area contributed by atoms with Gasteiger partial charge in [-0.1, -0.05) is 0 Å². The Morgan fingerprint density at radius 3 is 1.25 bits per heavy atom. The van der Waals surface area contributed by atoms with Crippen molar-refractivity contribution < 1.29 is 9.59 Å². The van der Waals surface area contributed by atoms with Gasteiger partial charge in [0.1, 0.15) is 0 Å². The summed E-state index contributed by atoms with van der Waals surface area (Å²) in [6, 6.07) is 0. The van der Waals surface area contributed by atoms with E-state index in [4.69, 9.17) is 9.59 Å². The fraction of sp³-hybridized carbons (Fsp3) is 0. The van der Waals surface area contributed by atoms with Gasteiger partial charge in [-0.2, -0.15) is 9.59 Å². The molecule has 0 bridgehead atoms. The number of hydrogen-bond acceptors (Lipinski definition) is 2. The molecule has 0 rings (SSSR count). The summed E-state index contributed by atoms with van der Waals surface area (Å²) < 4.78 is 0. The van der Waals surface area contributed by atoms with E-state index >= 15 is 0 Å². The summed E-state index contributed by atoms with van der Waals surface area (Å²) in [4.78, 5) is 16.2. The monoisotopic (exact) mass is 71.0 g/mol. The molecule has 0 fully saturated rings. The van der Waals surface area contributed by atoms with Gasteiger partial charge < -0.3 is 0 Å². The van der Waals surface area contributed by atoms with Crippen LogP contribution < -0.4 is 0 Å². The van der Waals surface area contributed by atoms with Crippen LogP contribution in [0.1, 0.15) is 0 Å². The first kappa shape index (κ1) is 9.07. The third-order valence-corrected chi connectivity index (χ3v) is 0. The van der Waals surface area contributed by atoms with E-state index in [0.717, 1.165) is 0 Å². The SMILES string of the molecule is O=C=O.[Al]. The van der Waals surface area contributed by atoms with Crippen molar-refractivity contribution in [1.82, 2.24) is 0 Å². The molecule has 3 radical (unpaired) electrons. The van der Waals surface area contributed by atoms with Crippen LogP contribution in [0.4, 0.5) is 0 Å². The third-order valence-electron chi connectivity index (χ3n) is 0. The Balaban J connectivity index is 0. The number of carbonyl (C=O) groups excluding carboxylic acids is 2. The summed E-state index contributed by atoms with van der Waals surface area (Å²) in [7, 11) is 0. The largest absolute Gasteiger partial charge is 0.373 e. The average Bonchev–Trinajstić information content (AvgIpc) is 0.918. The van der Waals surface area contributed by atoms with E-state index in [-0.39, 0.29) is 23.5 Å². The minimum absolute atomic E-state index is 0. The van der Waals surface area contributed by atoms with E-state index in [9.17, 15) is 0 Å². The summed E-state index contributed by atoms with van der Waals surface area (Å²) >= 11 is 0. The zero-order valence-electron chi connectivity index (χ0n) is 1.89. The second-order valence-electron chi connectivity index (χ2n) is 0.0833. The smallest absolute Gasteiger partial charge is 0.186 e. The highest BCUT2D eigenvalue weighted by Gasteiger charge is 1.13. The quantitative estimate of drug-likeness (QED) is 0.344. The van der Waals surface area contributed by atoms with Crippen LogP contribution in [0.15, 0.2) is 0 Å². The Kier molecular flexibility index (Phi) is 29.0. The van der Waals surface area contributed by atoms with Crippen LogP contribution in [0.3, 0.4) is 0 Å². The van der Waals surface area contributed by atoms with Gasteiger partial charge in [-0.15, -0.1) is 0 Å². The van der Waals surface area contributed by atoms with Crippen molar-refractivity contribution >= 4 is 23.5 Å². The maximum atomic E-state index is 8.12. The highest BCUT2D eigenvalue weighted by atomic mass is 27.0. The van der Waals surface area contributed by atoms with Gasteiger partial charge in [0.15, 0.2) is 0 Å². The Morgan fingerprint density at radius 2 is 1.25 bits per heavy atom. The molecule has 0 saturated carbocycles. The molecule has 0 aromatic rings. The van der Waals surface area contributed by atoms with E-state index in [1.165, 1.54) is 0 Å². The molecule has 0 unspecified atom stereocenters. The summed E-state index contributed by atoms with van der Waals surface area (Å²) in [6.45, 7) is 0. The van der Waals surface area contributed by atoms with Crippen molar-refractivity contribution in [2.45, 2.75) is 0 Å². The van der Waals surface area contributed by atoms with Crippen molar-refractivity contribution in [3.63, 3.8) is 0 Å². The summed E-state index contributed by atoms with van der Waals surface area (Å²) in [5.74, 6) is 0. The predicted octanol–water partition coefficient (Wildman–Crippen LogP) is -0.964. The van der Waals surface area contributed by atoms with Crippen molar-refractivity contribution in [2.24, 2.45) is 0 Å². The summed E-state index contributed by atoms with van der Waals surface area (Å²) in [6.07, 6.45) is 0.250. The second-order valence-corrected chi connectivity index (χ2v) is 0.0833. The van der Waals surface area contributed by atoms with Crippen molar-refractivity contribution in [2.75, 3.05) is 0 Å². The Bertz CT molecular complexity index is 27.0. The topological polar surface area (TPSA) is 34.1 Å². The normalized spacial score (nSPS) is 2.00.